The number of carbonyl (C=O) groups excluding carboxylic acids is 1. The lowest BCUT2D eigenvalue weighted by atomic mass is 10.2. The molecular formula is C20H20N4O3. The Morgan fingerprint density at radius 3 is 2.96 bits per heavy atom. The Balaban J connectivity index is 1.45. The van der Waals surface area contributed by atoms with Crippen molar-refractivity contribution < 1.29 is 13.9 Å². The molecule has 138 valence electrons. The van der Waals surface area contributed by atoms with Gasteiger partial charge in [-0.1, -0.05) is 12.1 Å². The Bertz CT molecular complexity index is 952. The van der Waals surface area contributed by atoms with Crippen molar-refractivity contribution in [1.82, 2.24) is 15.1 Å². The van der Waals surface area contributed by atoms with E-state index in [1.165, 1.54) is 0 Å². The normalized spacial score (nSPS) is 10.4. The second-order valence-corrected chi connectivity index (χ2v) is 6.05. The number of hydrogen-bond acceptors (Lipinski definition) is 5. The second-order valence-electron chi connectivity index (χ2n) is 6.05. The second kappa shape index (κ2) is 8.72. The molecule has 7 heteroatoms. The zero-order chi connectivity index (χ0) is 19.1. The van der Waals surface area contributed by atoms with Crippen LogP contribution in [0, 0.1) is 18.3 Å². The van der Waals surface area contributed by atoms with Crippen molar-refractivity contribution in [3.63, 3.8) is 0 Å². The fourth-order valence-electron chi connectivity index (χ4n) is 2.53. The molecule has 0 aliphatic rings. The molecule has 1 amide bonds. The number of nitrogens with zero attached hydrogens (tertiary/aromatic N) is 3. The van der Waals surface area contributed by atoms with Crippen molar-refractivity contribution >= 4 is 5.91 Å². The van der Waals surface area contributed by atoms with Crippen LogP contribution in [0.1, 0.15) is 33.9 Å². The standard InChI is InChI=1S/C20H20N4O3/c1-15-12-23-24(13-15)10-4-9-22-20(25)19-8-7-17(27-19)14-26-18-6-3-2-5-16(18)11-21/h2-3,5-8,12-13H,4,9-10,14H2,1H3,(H,22,25). The Morgan fingerprint density at radius 1 is 1.33 bits per heavy atom. The summed E-state index contributed by atoms with van der Waals surface area (Å²) in [6, 6.07) is 12.3. The highest BCUT2D eigenvalue weighted by atomic mass is 16.5. The van der Waals surface area contributed by atoms with Gasteiger partial charge in [0.1, 0.15) is 24.2 Å². The molecule has 2 aromatic heterocycles. The van der Waals surface area contributed by atoms with E-state index in [0.717, 1.165) is 18.5 Å². The molecule has 0 atom stereocenters. The lowest BCUT2D eigenvalue weighted by Gasteiger charge is -2.06. The van der Waals surface area contributed by atoms with E-state index in [0.29, 0.717) is 23.6 Å². The van der Waals surface area contributed by atoms with Gasteiger partial charge in [-0.3, -0.25) is 9.48 Å². The molecule has 0 radical (unpaired) electrons. The Morgan fingerprint density at radius 2 is 2.19 bits per heavy atom. The number of nitriles is 1. The van der Waals surface area contributed by atoms with E-state index < -0.39 is 0 Å². The molecule has 3 aromatic rings. The third-order valence-corrected chi connectivity index (χ3v) is 3.87. The summed E-state index contributed by atoms with van der Waals surface area (Å²) in [4.78, 5) is 12.1. The first kappa shape index (κ1) is 18.3. The molecule has 3 rings (SSSR count). The molecule has 0 aliphatic carbocycles. The number of amides is 1. The van der Waals surface area contributed by atoms with Gasteiger partial charge in [0.2, 0.25) is 0 Å². The van der Waals surface area contributed by atoms with E-state index in [1.807, 2.05) is 17.8 Å². The van der Waals surface area contributed by atoms with Crippen molar-refractivity contribution in [2.75, 3.05) is 6.54 Å². The molecule has 0 bridgehead atoms. The average molecular weight is 364 g/mol. The van der Waals surface area contributed by atoms with E-state index in [4.69, 9.17) is 14.4 Å². The van der Waals surface area contributed by atoms with Crippen molar-refractivity contribution in [1.29, 1.82) is 5.26 Å². The third-order valence-electron chi connectivity index (χ3n) is 3.87. The van der Waals surface area contributed by atoms with Gasteiger partial charge in [0.15, 0.2) is 5.76 Å². The summed E-state index contributed by atoms with van der Waals surface area (Å²) in [5, 5.41) is 16.1. The summed E-state index contributed by atoms with van der Waals surface area (Å²) < 4.78 is 13.0. The summed E-state index contributed by atoms with van der Waals surface area (Å²) >= 11 is 0. The highest BCUT2D eigenvalue weighted by Gasteiger charge is 2.11. The molecular weight excluding hydrogens is 344 g/mol. The number of aromatic nitrogens is 2. The molecule has 0 spiro atoms. The van der Waals surface area contributed by atoms with Gasteiger partial charge in [-0.2, -0.15) is 10.4 Å². The minimum atomic E-state index is -0.268. The molecule has 1 aromatic carbocycles. The third kappa shape index (κ3) is 4.98. The van der Waals surface area contributed by atoms with E-state index in [-0.39, 0.29) is 18.3 Å². The number of benzene rings is 1. The van der Waals surface area contributed by atoms with Gasteiger partial charge < -0.3 is 14.5 Å². The van der Waals surface area contributed by atoms with Crippen molar-refractivity contribution in [2.45, 2.75) is 26.5 Å². The highest BCUT2D eigenvalue weighted by molar-refractivity contribution is 5.91. The monoisotopic (exact) mass is 364 g/mol. The van der Waals surface area contributed by atoms with Gasteiger partial charge in [0.25, 0.3) is 5.91 Å². The fourth-order valence-corrected chi connectivity index (χ4v) is 2.53. The van der Waals surface area contributed by atoms with Gasteiger partial charge >= 0.3 is 0 Å². The van der Waals surface area contributed by atoms with Crippen LogP contribution in [0.3, 0.4) is 0 Å². The molecule has 7 nitrogen and oxygen atoms in total. The number of para-hydroxylation sites is 1. The Kier molecular flexibility index (Phi) is 5.90. The maximum Gasteiger partial charge on any atom is 0.286 e. The van der Waals surface area contributed by atoms with Gasteiger partial charge in [-0.25, -0.2) is 0 Å². The first-order valence-corrected chi connectivity index (χ1v) is 8.63. The molecule has 2 heterocycles. The maximum atomic E-state index is 12.1. The summed E-state index contributed by atoms with van der Waals surface area (Å²) in [5.74, 6) is 0.962. The predicted octanol–water partition coefficient (Wildman–Crippen LogP) is 3.06. The van der Waals surface area contributed by atoms with Crippen molar-refractivity contribution in [3.05, 3.63) is 71.4 Å². The molecule has 0 aliphatic heterocycles. The molecule has 0 fully saturated rings. The minimum Gasteiger partial charge on any atom is -0.484 e. The van der Waals surface area contributed by atoms with Crippen LogP contribution < -0.4 is 10.1 Å². The van der Waals surface area contributed by atoms with E-state index in [1.54, 1.807) is 42.6 Å². The number of nitrogens with one attached hydrogen (secondary N) is 1. The van der Waals surface area contributed by atoms with Gasteiger partial charge in [0, 0.05) is 19.3 Å². The molecule has 0 saturated carbocycles. The number of furan rings is 1. The molecule has 0 unspecified atom stereocenters. The van der Waals surface area contributed by atoms with Crippen LogP contribution in [0.15, 0.2) is 53.2 Å². The topological polar surface area (TPSA) is 93.1 Å². The van der Waals surface area contributed by atoms with E-state index in [9.17, 15) is 4.79 Å². The first-order chi connectivity index (χ1) is 13.2. The van der Waals surface area contributed by atoms with Crippen LogP contribution in [-0.2, 0) is 13.2 Å². The molecule has 27 heavy (non-hydrogen) atoms. The predicted molar refractivity (Wildman–Crippen MR) is 98.1 cm³/mol. The summed E-state index contributed by atoms with van der Waals surface area (Å²) in [5.41, 5.74) is 1.57. The molecule has 0 saturated heterocycles. The van der Waals surface area contributed by atoms with Gasteiger partial charge in [-0.05, 0) is 43.2 Å². The Labute approximate surface area is 157 Å². The average Bonchev–Trinajstić information content (AvgIpc) is 3.32. The number of aryl methyl sites for hydroxylation is 2. The first-order valence-electron chi connectivity index (χ1n) is 8.63. The lowest BCUT2D eigenvalue weighted by Crippen LogP contribution is -2.24. The highest BCUT2D eigenvalue weighted by Crippen LogP contribution is 2.19. The maximum absolute atomic E-state index is 12.1. The van der Waals surface area contributed by atoms with E-state index >= 15 is 0 Å². The minimum absolute atomic E-state index is 0.143. The fraction of sp³-hybridized carbons (Fsp3) is 0.250. The lowest BCUT2D eigenvalue weighted by molar-refractivity contribution is 0.0920. The van der Waals surface area contributed by atoms with Crippen molar-refractivity contribution in [2.24, 2.45) is 0 Å². The van der Waals surface area contributed by atoms with Gasteiger partial charge in [-0.15, -0.1) is 0 Å². The van der Waals surface area contributed by atoms with Gasteiger partial charge in [0.05, 0.1) is 11.8 Å². The van der Waals surface area contributed by atoms with Crippen LogP contribution in [0.4, 0.5) is 0 Å². The van der Waals surface area contributed by atoms with Crippen molar-refractivity contribution in [3.8, 4) is 11.8 Å². The zero-order valence-electron chi connectivity index (χ0n) is 15.0. The number of ether oxygens (including phenoxy) is 1. The summed E-state index contributed by atoms with van der Waals surface area (Å²) in [6.45, 7) is 3.40. The smallest absolute Gasteiger partial charge is 0.286 e. The van der Waals surface area contributed by atoms with Crippen LogP contribution >= 0.6 is 0 Å². The van der Waals surface area contributed by atoms with Crippen LogP contribution in [0.25, 0.3) is 0 Å². The Hall–Kier alpha value is -3.53. The molecule has 1 N–H and O–H groups in total. The van der Waals surface area contributed by atoms with Crippen LogP contribution in [-0.4, -0.2) is 22.2 Å². The number of hydrogen-bond donors (Lipinski definition) is 1. The van der Waals surface area contributed by atoms with Crippen LogP contribution in [0.2, 0.25) is 0 Å². The van der Waals surface area contributed by atoms with Crippen LogP contribution in [0.5, 0.6) is 5.75 Å². The number of carbonyl (C=O) groups is 1. The zero-order valence-corrected chi connectivity index (χ0v) is 15.0. The SMILES string of the molecule is Cc1cnn(CCCNC(=O)c2ccc(COc3ccccc3C#N)o2)c1. The summed E-state index contributed by atoms with van der Waals surface area (Å²) in [6.07, 6.45) is 4.54. The number of rotatable bonds is 8. The quantitative estimate of drug-likeness (QED) is 0.620. The van der Waals surface area contributed by atoms with E-state index in [2.05, 4.69) is 16.5 Å². The summed E-state index contributed by atoms with van der Waals surface area (Å²) in [7, 11) is 0. The largest absolute Gasteiger partial charge is 0.484 e.